The highest BCUT2D eigenvalue weighted by Gasteiger charge is 2.12. The van der Waals surface area contributed by atoms with Gasteiger partial charge in [0.05, 0.1) is 17.9 Å². The maximum Gasteiger partial charge on any atom is 0.254 e. The molecule has 1 aromatic heterocycles. The monoisotopic (exact) mass is 260 g/mol. The maximum absolute atomic E-state index is 12.9. The van der Waals surface area contributed by atoms with Crippen LogP contribution in [0.1, 0.15) is 30.1 Å². The van der Waals surface area contributed by atoms with E-state index < -0.39 is 17.8 Å². The predicted octanol–water partition coefficient (Wildman–Crippen LogP) is 1.76. The van der Waals surface area contributed by atoms with Crippen molar-refractivity contribution in [2.75, 3.05) is 6.54 Å². The quantitative estimate of drug-likeness (QED) is 0.793. The molecule has 17 heavy (non-hydrogen) atoms. The van der Waals surface area contributed by atoms with E-state index in [1.165, 1.54) is 0 Å². The van der Waals surface area contributed by atoms with E-state index in [2.05, 4.69) is 10.3 Å². The fraction of sp³-hybridized carbons (Fsp3) is 0.455. The molecule has 1 rings (SSSR count). The molecule has 4 nitrogen and oxygen atoms in total. The number of hydrogen-bond acceptors (Lipinski definition) is 3. The second kappa shape index (κ2) is 6.51. The van der Waals surface area contributed by atoms with Crippen molar-refractivity contribution < 1.29 is 14.3 Å². The molecular weight excluding hydrogens is 247 g/mol. The Hall–Kier alpha value is -1.20. The Labute approximate surface area is 104 Å². The van der Waals surface area contributed by atoms with E-state index >= 15 is 0 Å². The lowest BCUT2D eigenvalue weighted by atomic mass is 10.2. The van der Waals surface area contributed by atoms with Crippen LogP contribution in [0, 0.1) is 5.82 Å². The van der Waals surface area contributed by atoms with Gasteiger partial charge in [0.1, 0.15) is 11.0 Å². The minimum atomic E-state index is -0.617. The molecule has 1 unspecified atom stereocenters. The standard InChI is InChI=1S/C11H14ClFN2O2/c1-2-8(16)3-4-14-11(17)9-5-7(13)6-15-10(9)12/h5-6,8,16H,2-4H2,1H3,(H,14,17). The van der Waals surface area contributed by atoms with Gasteiger partial charge in [-0.2, -0.15) is 0 Å². The first-order chi connectivity index (χ1) is 8.04. The molecule has 0 saturated carbocycles. The zero-order valence-corrected chi connectivity index (χ0v) is 10.2. The van der Waals surface area contributed by atoms with E-state index in [0.717, 1.165) is 12.3 Å². The molecule has 0 aliphatic heterocycles. The van der Waals surface area contributed by atoms with E-state index in [1.807, 2.05) is 6.92 Å². The number of carbonyl (C=O) groups is 1. The number of amides is 1. The van der Waals surface area contributed by atoms with Gasteiger partial charge in [-0.1, -0.05) is 18.5 Å². The Kier molecular flexibility index (Phi) is 5.31. The molecule has 1 amide bonds. The van der Waals surface area contributed by atoms with E-state index in [9.17, 15) is 14.3 Å². The third-order valence-corrected chi connectivity index (χ3v) is 2.59. The summed E-state index contributed by atoms with van der Waals surface area (Å²) in [6, 6.07) is 1.03. The number of aliphatic hydroxyl groups excluding tert-OH is 1. The molecule has 0 aromatic carbocycles. The largest absolute Gasteiger partial charge is 0.393 e. The van der Waals surface area contributed by atoms with Crippen molar-refractivity contribution in [2.24, 2.45) is 0 Å². The van der Waals surface area contributed by atoms with Crippen molar-refractivity contribution in [3.05, 3.63) is 28.8 Å². The zero-order valence-electron chi connectivity index (χ0n) is 9.41. The molecule has 2 N–H and O–H groups in total. The van der Waals surface area contributed by atoms with Crippen LogP contribution in [0.4, 0.5) is 4.39 Å². The van der Waals surface area contributed by atoms with Crippen LogP contribution in [0.15, 0.2) is 12.3 Å². The van der Waals surface area contributed by atoms with E-state index in [0.29, 0.717) is 19.4 Å². The number of pyridine rings is 1. The van der Waals surface area contributed by atoms with Gasteiger partial charge >= 0.3 is 0 Å². The van der Waals surface area contributed by atoms with Crippen LogP contribution in [-0.2, 0) is 0 Å². The molecule has 1 aromatic rings. The van der Waals surface area contributed by atoms with Gasteiger partial charge in [0, 0.05) is 6.54 Å². The summed E-state index contributed by atoms with van der Waals surface area (Å²) in [5.74, 6) is -1.11. The first-order valence-electron chi connectivity index (χ1n) is 5.32. The SMILES string of the molecule is CCC(O)CCNC(=O)c1cc(F)cnc1Cl. The number of carbonyl (C=O) groups excluding carboxylic acids is 1. The molecule has 0 saturated heterocycles. The topological polar surface area (TPSA) is 62.2 Å². The van der Waals surface area contributed by atoms with Crippen molar-refractivity contribution in [3.63, 3.8) is 0 Å². The molecule has 0 fully saturated rings. The fourth-order valence-electron chi connectivity index (χ4n) is 1.23. The highest BCUT2D eigenvalue weighted by atomic mass is 35.5. The van der Waals surface area contributed by atoms with Crippen LogP contribution < -0.4 is 5.32 Å². The van der Waals surface area contributed by atoms with Crippen molar-refractivity contribution in [1.29, 1.82) is 0 Å². The first kappa shape index (κ1) is 13.9. The number of halogens is 2. The highest BCUT2D eigenvalue weighted by Crippen LogP contribution is 2.13. The lowest BCUT2D eigenvalue weighted by molar-refractivity contribution is 0.0941. The number of rotatable bonds is 5. The van der Waals surface area contributed by atoms with Crippen LogP contribution in [-0.4, -0.2) is 28.6 Å². The summed E-state index contributed by atoms with van der Waals surface area (Å²) in [5.41, 5.74) is -0.00217. The van der Waals surface area contributed by atoms with Crippen molar-refractivity contribution in [2.45, 2.75) is 25.9 Å². The average Bonchev–Trinajstić information content (AvgIpc) is 2.31. The smallest absolute Gasteiger partial charge is 0.254 e. The van der Waals surface area contributed by atoms with E-state index in [-0.39, 0.29) is 10.7 Å². The molecule has 1 heterocycles. The van der Waals surface area contributed by atoms with Gasteiger partial charge in [0.2, 0.25) is 0 Å². The second-order valence-corrected chi connectivity index (χ2v) is 3.96. The predicted molar refractivity (Wildman–Crippen MR) is 62.5 cm³/mol. The van der Waals surface area contributed by atoms with Crippen LogP contribution in [0.3, 0.4) is 0 Å². The van der Waals surface area contributed by atoms with Gasteiger partial charge in [0.25, 0.3) is 5.91 Å². The molecule has 1 atom stereocenters. The summed E-state index contributed by atoms with van der Waals surface area (Å²) in [6.07, 6.45) is 1.57. The van der Waals surface area contributed by atoms with Gasteiger partial charge in [-0.25, -0.2) is 9.37 Å². The second-order valence-electron chi connectivity index (χ2n) is 3.60. The molecule has 0 aliphatic rings. The fourth-order valence-corrected chi connectivity index (χ4v) is 1.42. The van der Waals surface area contributed by atoms with Gasteiger partial charge < -0.3 is 10.4 Å². The van der Waals surface area contributed by atoms with Crippen LogP contribution >= 0.6 is 11.6 Å². The molecule has 94 valence electrons. The highest BCUT2D eigenvalue weighted by molar-refractivity contribution is 6.32. The Balaban J connectivity index is 2.55. The Morgan fingerprint density at radius 3 is 3.06 bits per heavy atom. The summed E-state index contributed by atoms with van der Waals surface area (Å²) in [7, 11) is 0. The van der Waals surface area contributed by atoms with Crippen molar-refractivity contribution >= 4 is 17.5 Å². The first-order valence-corrected chi connectivity index (χ1v) is 5.69. The molecule has 0 bridgehead atoms. The average molecular weight is 261 g/mol. The molecule has 0 aliphatic carbocycles. The number of aliphatic hydroxyl groups is 1. The normalized spacial score (nSPS) is 12.2. The van der Waals surface area contributed by atoms with Crippen molar-refractivity contribution in [1.82, 2.24) is 10.3 Å². The maximum atomic E-state index is 12.9. The van der Waals surface area contributed by atoms with E-state index in [4.69, 9.17) is 11.6 Å². The van der Waals surface area contributed by atoms with Gasteiger partial charge in [0.15, 0.2) is 0 Å². The van der Waals surface area contributed by atoms with Gasteiger partial charge in [-0.3, -0.25) is 4.79 Å². The number of hydrogen-bond donors (Lipinski definition) is 2. The third kappa shape index (κ3) is 4.28. The lowest BCUT2D eigenvalue weighted by Crippen LogP contribution is -2.27. The number of nitrogens with one attached hydrogen (secondary N) is 1. The summed E-state index contributed by atoms with van der Waals surface area (Å²) >= 11 is 5.67. The zero-order chi connectivity index (χ0) is 12.8. The number of aromatic nitrogens is 1. The van der Waals surface area contributed by atoms with Crippen molar-refractivity contribution in [3.8, 4) is 0 Å². The van der Waals surface area contributed by atoms with Crippen LogP contribution in [0.5, 0.6) is 0 Å². The molecular formula is C11H14ClFN2O2. The van der Waals surface area contributed by atoms with Gasteiger partial charge in [-0.05, 0) is 18.9 Å². The molecule has 0 radical (unpaired) electrons. The summed E-state index contributed by atoms with van der Waals surface area (Å²) in [6.45, 7) is 2.15. The van der Waals surface area contributed by atoms with Gasteiger partial charge in [-0.15, -0.1) is 0 Å². The Bertz CT molecular complexity index is 401. The molecule has 0 spiro atoms. The minimum absolute atomic E-state index is 0.00217. The van der Waals surface area contributed by atoms with E-state index in [1.54, 1.807) is 0 Å². The third-order valence-electron chi connectivity index (χ3n) is 2.28. The summed E-state index contributed by atoms with van der Waals surface area (Å²) < 4.78 is 12.9. The Morgan fingerprint density at radius 1 is 1.71 bits per heavy atom. The van der Waals surface area contributed by atoms with Crippen LogP contribution in [0.2, 0.25) is 5.15 Å². The Morgan fingerprint density at radius 2 is 2.41 bits per heavy atom. The minimum Gasteiger partial charge on any atom is -0.393 e. The lowest BCUT2D eigenvalue weighted by Gasteiger charge is -2.09. The van der Waals surface area contributed by atoms with Crippen LogP contribution in [0.25, 0.3) is 0 Å². The summed E-state index contributed by atoms with van der Waals surface area (Å²) in [4.78, 5) is 15.1. The summed E-state index contributed by atoms with van der Waals surface area (Å²) in [5, 5.41) is 11.8. The molecule has 6 heteroatoms. The number of nitrogens with zero attached hydrogens (tertiary/aromatic N) is 1.